The zero-order chi connectivity index (χ0) is 27.9. The molecule has 1 atom stereocenters. The van der Waals surface area contributed by atoms with Gasteiger partial charge in [-0.05, 0) is 99.5 Å². The van der Waals surface area contributed by atoms with Gasteiger partial charge in [0.15, 0.2) is 0 Å². The van der Waals surface area contributed by atoms with E-state index in [1.807, 2.05) is 44.2 Å². The Kier molecular flexibility index (Phi) is 9.21. The molecule has 3 aromatic rings. The highest BCUT2D eigenvalue weighted by Crippen LogP contribution is 2.29. The van der Waals surface area contributed by atoms with E-state index in [9.17, 15) is 10.1 Å². The highest BCUT2D eigenvalue weighted by atomic mass is 16.5. The van der Waals surface area contributed by atoms with Gasteiger partial charge in [-0.2, -0.15) is 5.26 Å². The molecule has 1 amide bonds. The maximum absolute atomic E-state index is 11.9. The van der Waals surface area contributed by atoms with Gasteiger partial charge in [0.2, 0.25) is 5.91 Å². The Balaban J connectivity index is 1.42. The number of primary amides is 1. The van der Waals surface area contributed by atoms with Crippen LogP contribution in [0.25, 0.3) is 0 Å². The number of amides is 1. The van der Waals surface area contributed by atoms with Crippen LogP contribution in [0.3, 0.4) is 0 Å². The molecule has 4 rings (SSSR count). The van der Waals surface area contributed by atoms with Gasteiger partial charge in [0.25, 0.3) is 0 Å². The Bertz CT molecular complexity index is 1320. The van der Waals surface area contributed by atoms with Gasteiger partial charge in [-0.1, -0.05) is 18.2 Å². The van der Waals surface area contributed by atoms with Crippen LogP contribution in [0.1, 0.15) is 64.6 Å². The van der Waals surface area contributed by atoms with E-state index in [0.29, 0.717) is 29.9 Å². The van der Waals surface area contributed by atoms with Crippen LogP contribution in [0.2, 0.25) is 0 Å². The lowest BCUT2D eigenvalue weighted by Gasteiger charge is -2.42. The number of carbonyl (C=O) groups excluding carboxylic acids is 1. The third-order valence-electron chi connectivity index (χ3n) is 8.08. The van der Waals surface area contributed by atoms with E-state index in [2.05, 4.69) is 46.0 Å². The van der Waals surface area contributed by atoms with Crippen molar-refractivity contribution < 1.29 is 9.53 Å². The number of carbonyl (C=O) groups is 1. The van der Waals surface area contributed by atoms with Crippen LogP contribution >= 0.6 is 0 Å². The fourth-order valence-electron chi connectivity index (χ4n) is 5.73. The monoisotopic (exact) mass is 525 g/mol. The van der Waals surface area contributed by atoms with Gasteiger partial charge in [0, 0.05) is 36.4 Å². The van der Waals surface area contributed by atoms with E-state index >= 15 is 0 Å². The Morgan fingerprint density at radius 2 is 1.87 bits per heavy atom. The smallest absolute Gasteiger partial charge is 0.249 e. The van der Waals surface area contributed by atoms with Crippen molar-refractivity contribution in [3.8, 4) is 11.8 Å². The van der Waals surface area contributed by atoms with Crippen LogP contribution in [-0.2, 0) is 13.0 Å². The second-order valence-corrected chi connectivity index (χ2v) is 10.5. The predicted molar refractivity (Wildman–Crippen MR) is 155 cm³/mol. The summed E-state index contributed by atoms with van der Waals surface area (Å²) in [5.41, 5.74) is 11.9. The van der Waals surface area contributed by atoms with Gasteiger partial charge in [-0.25, -0.2) is 4.98 Å². The number of aryl methyl sites for hydroxylation is 2. The first kappa shape index (κ1) is 28.1. The normalized spacial score (nSPS) is 14.9. The summed E-state index contributed by atoms with van der Waals surface area (Å²) in [5.74, 6) is 0.483. The van der Waals surface area contributed by atoms with Crippen molar-refractivity contribution in [2.24, 2.45) is 5.73 Å². The minimum absolute atomic E-state index is 0.349. The van der Waals surface area contributed by atoms with Crippen molar-refractivity contribution in [3.63, 3.8) is 0 Å². The van der Waals surface area contributed by atoms with Gasteiger partial charge in [-0.15, -0.1) is 0 Å². The van der Waals surface area contributed by atoms with E-state index in [4.69, 9.17) is 10.5 Å². The highest BCUT2D eigenvalue weighted by molar-refractivity contribution is 5.96. The molecular weight excluding hydrogens is 486 g/mol. The molecule has 0 saturated carbocycles. The molecule has 204 valence electrons. The average Bonchev–Trinajstić information content (AvgIpc) is 2.95. The maximum atomic E-state index is 11.9. The average molecular weight is 526 g/mol. The number of pyridine rings is 1. The third kappa shape index (κ3) is 6.76. The van der Waals surface area contributed by atoms with Crippen LogP contribution in [-0.4, -0.2) is 48.1 Å². The molecule has 1 aromatic heterocycles. The molecule has 0 radical (unpaired) electrons. The molecule has 2 aromatic carbocycles. The molecule has 0 unspecified atom stereocenters. The molecule has 2 heterocycles. The Labute approximate surface area is 232 Å². The van der Waals surface area contributed by atoms with Gasteiger partial charge >= 0.3 is 0 Å². The number of anilines is 1. The first-order chi connectivity index (χ1) is 18.8. The topological polar surface area (TPSA) is 95.5 Å². The van der Waals surface area contributed by atoms with Crippen LogP contribution in [0.5, 0.6) is 5.75 Å². The molecule has 1 aliphatic rings. The van der Waals surface area contributed by atoms with Gasteiger partial charge in [0.1, 0.15) is 17.5 Å². The number of benzene rings is 2. The highest BCUT2D eigenvalue weighted by Gasteiger charge is 2.28. The minimum atomic E-state index is -0.349. The molecule has 2 N–H and O–H groups in total. The Hall–Kier alpha value is -3.89. The van der Waals surface area contributed by atoms with E-state index in [-0.39, 0.29) is 5.91 Å². The number of hydrogen-bond donors (Lipinski definition) is 1. The van der Waals surface area contributed by atoms with Crippen LogP contribution < -0.4 is 15.4 Å². The predicted octanol–water partition coefficient (Wildman–Crippen LogP) is 5.17. The fraction of sp³-hybridized carbons (Fsp3) is 0.406. The summed E-state index contributed by atoms with van der Waals surface area (Å²) in [6.45, 7) is 8.93. The number of aromatic nitrogens is 1. The number of piperidine rings is 1. The lowest BCUT2D eigenvalue weighted by Crippen LogP contribution is -2.47. The molecule has 7 heteroatoms. The number of methoxy groups -OCH3 is 1. The molecule has 0 bridgehead atoms. The van der Waals surface area contributed by atoms with Gasteiger partial charge in [-0.3, -0.25) is 4.79 Å². The van der Waals surface area contributed by atoms with Crippen LogP contribution in [0.4, 0.5) is 5.69 Å². The maximum Gasteiger partial charge on any atom is 0.249 e. The van der Waals surface area contributed by atoms with Crippen molar-refractivity contribution >= 4 is 11.6 Å². The summed E-state index contributed by atoms with van der Waals surface area (Å²) < 4.78 is 5.37. The van der Waals surface area contributed by atoms with E-state index in [0.717, 1.165) is 67.0 Å². The number of likely N-dealkylation sites (tertiary alicyclic amines) is 1. The molecular formula is C32H39N5O2. The third-order valence-corrected chi connectivity index (χ3v) is 8.08. The zero-order valence-electron chi connectivity index (χ0n) is 23.5. The minimum Gasteiger partial charge on any atom is -0.497 e. The molecule has 1 saturated heterocycles. The molecule has 39 heavy (non-hydrogen) atoms. The molecule has 0 aliphatic carbocycles. The SMILES string of the molecule is COc1ccc(N(Cc2cccc(C#N)n2)C2CCN([C@H](C)CCc3ccc(C)c(C(N)=O)c3C)CC2)cc1. The lowest BCUT2D eigenvalue weighted by atomic mass is 9.93. The lowest BCUT2D eigenvalue weighted by molar-refractivity contribution is 0.0999. The number of nitriles is 1. The first-order valence-corrected chi connectivity index (χ1v) is 13.7. The number of nitrogens with two attached hydrogens (primary N) is 1. The second kappa shape index (κ2) is 12.8. The number of nitrogens with zero attached hydrogens (tertiary/aromatic N) is 4. The van der Waals surface area contributed by atoms with Crippen LogP contribution in [0, 0.1) is 25.2 Å². The quantitative estimate of drug-likeness (QED) is 0.392. The molecule has 0 spiro atoms. The molecule has 7 nitrogen and oxygen atoms in total. The van der Waals surface area contributed by atoms with E-state index in [1.165, 1.54) is 5.56 Å². The van der Waals surface area contributed by atoms with Crippen molar-refractivity contribution in [3.05, 3.63) is 88.2 Å². The number of ether oxygens (including phenoxy) is 1. The molecule has 1 aliphatic heterocycles. The van der Waals surface area contributed by atoms with Crippen LogP contribution in [0.15, 0.2) is 54.6 Å². The van der Waals surface area contributed by atoms with Gasteiger partial charge < -0.3 is 20.3 Å². The first-order valence-electron chi connectivity index (χ1n) is 13.7. The summed E-state index contributed by atoms with van der Waals surface area (Å²) in [6, 6.07) is 20.9. The summed E-state index contributed by atoms with van der Waals surface area (Å²) in [5, 5.41) is 9.32. The summed E-state index contributed by atoms with van der Waals surface area (Å²) in [4.78, 5) is 21.5. The number of rotatable bonds is 10. The standard InChI is InChI=1S/C32H39N5O2/c1-22-8-10-25(24(3)31(22)32(34)38)11-9-23(2)36-18-16-29(17-19-36)37(28-12-14-30(39-4)15-13-28)21-27-7-5-6-26(20-33)35-27/h5-8,10,12-15,23,29H,9,11,16-19,21H2,1-4H3,(H2,34,38)/t23-/m1/s1. The summed E-state index contributed by atoms with van der Waals surface area (Å²) in [6.07, 6.45) is 4.04. The summed E-state index contributed by atoms with van der Waals surface area (Å²) in [7, 11) is 1.68. The summed E-state index contributed by atoms with van der Waals surface area (Å²) >= 11 is 0. The number of hydrogen-bond acceptors (Lipinski definition) is 6. The Morgan fingerprint density at radius 1 is 1.15 bits per heavy atom. The zero-order valence-corrected chi connectivity index (χ0v) is 23.5. The Morgan fingerprint density at radius 3 is 2.51 bits per heavy atom. The van der Waals surface area contributed by atoms with Crippen molar-refractivity contribution in [2.75, 3.05) is 25.1 Å². The largest absolute Gasteiger partial charge is 0.497 e. The van der Waals surface area contributed by atoms with Crippen molar-refractivity contribution in [2.45, 2.75) is 65.1 Å². The van der Waals surface area contributed by atoms with Crippen molar-refractivity contribution in [1.29, 1.82) is 5.26 Å². The van der Waals surface area contributed by atoms with E-state index in [1.54, 1.807) is 13.2 Å². The fourth-order valence-corrected chi connectivity index (χ4v) is 5.73. The molecule has 1 fully saturated rings. The van der Waals surface area contributed by atoms with Crippen molar-refractivity contribution in [1.82, 2.24) is 9.88 Å². The van der Waals surface area contributed by atoms with E-state index < -0.39 is 0 Å². The van der Waals surface area contributed by atoms with Gasteiger partial charge in [0.05, 0.1) is 19.3 Å². The second-order valence-electron chi connectivity index (χ2n) is 10.5.